The van der Waals surface area contributed by atoms with Crippen LogP contribution in [0.5, 0.6) is 0 Å². The van der Waals surface area contributed by atoms with Gasteiger partial charge in [0.25, 0.3) is 11.8 Å². The predicted molar refractivity (Wildman–Crippen MR) is 128 cm³/mol. The third kappa shape index (κ3) is 5.89. The number of ether oxygens (including phenoxy) is 1. The van der Waals surface area contributed by atoms with Gasteiger partial charge in [0, 0.05) is 56.8 Å². The van der Waals surface area contributed by atoms with Gasteiger partial charge in [0.1, 0.15) is 5.60 Å². The number of carbonyl (C=O) groups is 4. The lowest BCUT2D eigenvalue weighted by Crippen LogP contribution is -2.55. The monoisotopic (exact) mass is 480 g/mol. The molecule has 0 saturated carbocycles. The molecule has 0 spiro atoms. The Morgan fingerprint density at radius 1 is 1.11 bits per heavy atom. The van der Waals surface area contributed by atoms with Crippen molar-refractivity contribution in [1.82, 2.24) is 20.0 Å². The molecule has 9 nitrogen and oxygen atoms in total. The molecule has 0 radical (unpaired) electrons. The molecule has 3 aliphatic heterocycles. The number of amides is 2. The number of rotatable bonds is 4. The minimum Gasteiger partial charge on any atom is -0.459 e. The quantitative estimate of drug-likeness (QED) is 0.379. The fourth-order valence-electron chi connectivity index (χ4n) is 4.59. The highest BCUT2D eigenvalue weighted by Gasteiger charge is 2.42. The first kappa shape index (κ1) is 24.9. The van der Waals surface area contributed by atoms with Gasteiger partial charge in [0.15, 0.2) is 11.8 Å². The van der Waals surface area contributed by atoms with Crippen molar-refractivity contribution < 1.29 is 23.9 Å². The van der Waals surface area contributed by atoms with Gasteiger partial charge in [0.05, 0.1) is 13.1 Å². The standard InChI is InChI=1S/C26H32N4O5/c1-26(2,3)35-22(32)17-29-14-12-28(13-15-29)11-5-7-18-6-4-8-19-20(18)16-30(25(19)34)23-21(31)9-10-27-24(23)33/h4,6,8,23H,9-17H2,1-3H3,(H,27,33). The molecule has 0 bridgehead atoms. The number of hydrogen-bond acceptors (Lipinski definition) is 7. The number of nitrogens with zero attached hydrogens (tertiary/aromatic N) is 3. The van der Waals surface area contributed by atoms with E-state index in [1.807, 2.05) is 26.8 Å². The average Bonchev–Trinajstić information content (AvgIpc) is 3.11. The van der Waals surface area contributed by atoms with Crippen LogP contribution in [0.25, 0.3) is 0 Å². The molecule has 0 aliphatic carbocycles. The lowest BCUT2D eigenvalue weighted by molar-refractivity contribution is -0.156. The number of Topliss-reactive ketones (excluding diaryl/α,β-unsaturated/α-hetero) is 1. The SMILES string of the molecule is CC(C)(C)OC(=O)CN1CCN(CC#Cc2cccc3c2CN(C2C(=O)CCNC2=O)C3=O)CC1. The lowest BCUT2D eigenvalue weighted by atomic mass is 10.0. The maximum Gasteiger partial charge on any atom is 0.320 e. The van der Waals surface area contributed by atoms with Crippen molar-refractivity contribution in [1.29, 1.82) is 0 Å². The van der Waals surface area contributed by atoms with E-state index in [0.717, 1.165) is 37.3 Å². The van der Waals surface area contributed by atoms with Gasteiger partial charge in [-0.1, -0.05) is 17.9 Å². The van der Waals surface area contributed by atoms with Gasteiger partial charge < -0.3 is 15.0 Å². The number of piperidine rings is 1. The molecule has 186 valence electrons. The number of fused-ring (bicyclic) bond motifs is 1. The van der Waals surface area contributed by atoms with Crippen LogP contribution in [-0.4, -0.2) is 95.7 Å². The highest BCUT2D eigenvalue weighted by molar-refractivity contribution is 6.12. The summed E-state index contributed by atoms with van der Waals surface area (Å²) in [6.45, 7) is 10.1. The molecule has 2 saturated heterocycles. The van der Waals surface area contributed by atoms with Crippen molar-refractivity contribution >= 4 is 23.6 Å². The van der Waals surface area contributed by atoms with E-state index in [0.29, 0.717) is 25.2 Å². The van der Waals surface area contributed by atoms with Crippen molar-refractivity contribution in [3.05, 3.63) is 34.9 Å². The van der Waals surface area contributed by atoms with E-state index in [1.165, 1.54) is 4.90 Å². The number of ketones is 1. The maximum atomic E-state index is 12.9. The van der Waals surface area contributed by atoms with Crippen molar-refractivity contribution in [2.75, 3.05) is 45.8 Å². The summed E-state index contributed by atoms with van der Waals surface area (Å²) in [5.41, 5.74) is 1.52. The zero-order valence-electron chi connectivity index (χ0n) is 20.6. The largest absolute Gasteiger partial charge is 0.459 e. The summed E-state index contributed by atoms with van der Waals surface area (Å²) in [5, 5.41) is 2.68. The first-order valence-electron chi connectivity index (χ1n) is 12.0. The molecule has 1 unspecified atom stereocenters. The number of carbonyl (C=O) groups excluding carboxylic acids is 4. The van der Waals surface area contributed by atoms with Gasteiger partial charge in [-0.3, -0.25) is 29.0 Å². The van der Waals surface area contributed by atoms with Crippen LogP contribution in [0.15, 0.2) is 18.2 Å². The third-order valence-electron chi connectivity index (χ3n) is 6.29. The molecule has 1 N–H and O–H groups in total. The van der Waals surface area contributed by atoms with Crippen LogP contribution >= 0.6 is 0 Å². The summed E-state index contributed by atoms with van der Waals surface area (Å²) in [7, 11) is 0. The first-order valence-corrected chi connectivity index (χ1v) is 12.0. The zero-order chi connectivity index (χ0) is 25.2. The van der Waals surface area contributed by atoms with Crippen molar-refractivity contribution in [2.45, 2.75) is 45.4 Å². The van der Waals surface area contributed by atoms with E-state index < -0.39 is 17.6 Å². The lowest BCUT2D eigenvalue weighted by Gasteiger charge is -2.33. The second kappa shape index (κ2) is 10.2. The van der Waals surface area contributed by atoms with Crippen LogP contribution in [0, 0.1) is 11.8 Å². The minimum absolute atomic E-state index is 0.201. The molecule has 2 amide bonds. The van der Waals surface area contributed by atoms with Gasteiger partial charge in [-0.2, -0.15) is 0 Å². The van der Waals surface area contributed by atoms with Crippen LogP contribution in [0.3, 0.4) is 0 Å². The average molecular weight is 481 g/mol. The Kier molecular flexibility index (Phi) is 7.24. The highest BCUT2D eigenvalue weighted by Crippen LogP contribution is 2.28. The van der Waals surface area contributed by atoms with Crippen LogP contribution in [0.4, 0.5) is 0 Å². The van der Waals surface area contributed by atoms with E-state index in [-0.39, 0.29) is 30.6 Å². The molecule has 3 aliphatic rings. The van der Waals surface area contributed by atoms with Gasteiger partial charge in [-0.05, 0) is 38.5 Å². The Labute approximate surface area is 205 Å². The molecule has 1 aromatic rings. The Morgan fingerprint density at radius 3 is 2.51 bits per heavy atom. The molecular formula is C26H32N4O5. The summed E-state index contributed by atoms with van der Waals surface area (Å²) in [4.78, 5) is 55.3. The fourth-order valence-corrected chi connectivity index (χ4v) is 4.59. The summed E-state index contributed by atoms with van der Waals surface area (Å²) in [6.07, 6.45) is 0.230. The number of benzene rings is 1. The second-order valence-corrected chi connectivity index (χ2v) is 10.1. The van der Waals surface area contributed by atoms with Crippen molar-refractivity contribution in [3.63, 3.8) is 0 Å². The fraction of sp³-hybridized carbons (Fsp3) is 0.538. The summed E-state index contributed by atoms with van der Waals surface area (Å²) in [6, 6.07) is 4.30. The predicted octanol–water partition coefficient (Wildman–Crippen LogP) is 0.411. The highest BCUT2D eigenvalue weighted by atomic mass is 16.6. The van der Waals surface area contributed by atoms with E-state index in [2.05, 4.69) is 27.0 Å². The normalized spacial score (nSPS) is 21.3. The summed E-state index contributed by atoms with van der Waals surface area (Å²) in [5.74, 6) is 5.23. The summed E-state index contributed by atoms with van der Waals surface area (Å²) >= 11 is 0. The third-order valence-corrected chi connectivity index (χ3v) is 6.29. The number of nitrogens with one attached hydrogen (secondary N) is 1. The van der Waals surface area contributed by atoms with Gasteiger partial charge >= 0.3 is 5.97 Å². The summed E-state index contributed by atoms with van der Waals surface area (Å²) < 4.78 is 5.40. The number of hydrogen-bond donors (Lipinski definition) is 1. The van der Waals surface area contributed by atoms with E-state index in [4.69, 9.17) is 4.74 Å². The van der Waals surface area contributed by atoms with Gasteiger partial charge in [-0.25, -0.2) is 0 Å². The van der Waals surface area contributed by atoms with E-state index in [9.17, 15) is 19.2 Å². The Hall–Kier alpha value is -3.22. The molecule has 2 fully saturated rings. The number of esters is 1. The molecule has 1 aromatic carbocycles. The molecule has 4 rings (SSSR count). The molecule has 0 aromatic heterocycles. The molecule has 1 atom stereocenters. The van der Waals surface area contributed by atoms with Crippen LogP contribution in [-0.2, 0) is 25.7 Å². The van der Waals surface area contributed by atoms with Crippen LogP contribution in [0.1, 0.15) is 48.7 Å². The molecule has 9 heteroatoms. The zero-order valence-corrected chi connectivity index (χ0v) is 20.6. The topological polar surface area (TPSA) is 99.3 Å². The van der Waals surface area contributed by atoms with Crippen LogP contribution in [0.2, 0.25) is 0 Å². The first-order chi connectivity index (χ1) is 16.6. The Bertz CT molecular complexity index is 1070. The van der Waals surface area contributed by atoms with Gasteiger partial charge in [0.2, 0.25) is 0 Å². The van der Waals surface area contributed by atoms with Gasteiger partial charge in [-0.15, -0.1) is 0 Å². The Balaban J connectivity index is 1.34. The van der Waals surface area contributed by atoms with Crippen molar-refractivity contribution in [3.8, 4) is 11.8 Å². The number of piperazine rings is 1. The maximum absolute atomic E-state index is 12.9. The molecule has 35 heavy (non-hydrogen) atoms. The smallest absolute Gasteiger partial charge is 0.320 e. The second-order valence-electron chi connectivity index (χ2n) is 10.1. The Morgan fingerprint density at radius 2 is 1.83 bits per heavy atom. The van der Waals surface area contributed by atoms with E-state index >= 15 is 0 Å². The molecular weight excluding hydrogens is 448 g/mol. The van der Waals surface area contributed by atoms with Crippen LogP contribution < -0.4 is 5.32 Å². The van der Waals surface area contributed by atoms with E-state index in [1.54, 1.807) is 12.1 Å². The van der Waals surface area contributed by atoms with Crippen molar-refractivity contribution in [2.24, 2.45) is 0 Å². The molecule has 3 heterocycles. The minimum atomic E-state index is -1.07.